The maximum absolute atomic E-state index is 13.9. The first kappa shape index (κ1) is 31.9. The lowest BCUT2D eigenvalue weighted by molar-refractivity contribution is -0.142. The normalized spacial score (nSPS) is 18.6. The number of nitrogens with one attached hydrogen (secondary N) is 2. The highest BCUT2D eigenvalue weighted by Gasteiger charge is 2.39. The number of nitrogens with two attached hydrogens (primary N) is 1. The fraction of sp³-hybridized carbons (Fsp3) is 0.483. The van der Waals surface area contributed by atoms with E-state index in [9.17, 15) is 22.8 Å². The minimum absolute atomic E-state index is 0.180. The Morgan fingerprint density at radius 3 is 2.43 bits per heavy atom. The van der Waals surface area contributed by atoms with Gasteiger partial charge in [-0.05, 0) is 48.7 Å². The lowest BCUT2D eigenvalue weighted by Gasteiger charge is -2.34. The van der Waals surface area contributed by atoms with Crippen LogP contribution in [0.2, 0.25) is 5.02 Å². The standard InChI is InChI=1S/C29H39ClN6O5S/c1-34-12-14-35(15-13-34)27(37)17-25(33-42(40,41)20-21-6-3-2-4-7-21)29(39)36-11-5-8-26(36)28(38)32-19-23-16-24(30)10-9-22(23)18-31/h2-4,6-7,9-10,16,25-26,33H,5,8,11-15,17-20,31H2,1H3,(H,32,38)/t25-,26+/m1/s1. The van der Waals surface area contributed by atoms with E-state index in [-0.39, 0.29) is 43.6 Å². The molecule has 2 aromatic rings. The van der Waals surface area contributed by atoms with E-state index >= 15 is 0 Å². The van der Waals surface area contributed by atoms with Crippen LogP contribution >= 0.6 is 11.6 Å². The minimum atomic E-state index is -3.99. The molecule has 42 heavy (non-hydrogen) atoms. The number of hydrogen-bond acceptors (Lipinski definition) is 7. The second-order valence-electron chi connectivity index (χ2n) is 10.8. The van der Waals surface area contributed by atoms with E-state index < -0.39 is 28.0 Å². The quantitative estimate of drug-likeness (QED) is 0.341. The van der Waals surface area contributed by atoms with Crippen LogP contribution in [0.15, 0.2) is 48.5 Å². The first-order chi connectivity index (χ1) is 20.1. The molecular weight excluding hydrogens is 580 g/mol. The summed E-state index contributed by atoms with van der Waals surface area (Å²) in [5.41, 5.74) is 8.00. The van der Waals surface area contributed by atoms with Crippen LogP contribution in [0, 0.1) is 0 Å². The summed E-state index contributed by atoms with van der Waals surface area (Å²) in [5.74, 6) is -1.59. The van der Waals surface area contributed by atoms with Gasteiger partial charge >= 0.3 is 0 Å². The number of carbonyl (C=O) groups excluding carboxylic acids is 3. The van der Waals surface area contributed by atoms with Gasteiger partial charge in [0.15, 0.2) is 0 Å². The Balaban J connectivity index is 1.49. The SMILES string of the molecule is CN1CCN(C(=O)C[C@@H](NS(=O)(=O)Cc2ccccc2)C(=O)N2CCC[C@H]2C(=O)NCc2cc(Cl)ccc2CN)CC1. The molecule has 2 aliphatic rings. The number of piperazine rings is 1. The zero-order valence-corrected chi connectivity index (χ0v) is 25.4. The molecule has 228 valence electrons. The molecule has 2 atom stereocenters. The van der Waals surface area contributed by atoms with E-state index in [0.29, 0.717) is 49.6 Å². The number of benzene rings is 2. The zero-order valence-electron chi connectivity index (χ0n) is 23.8. The second-order valence-corrected chi connectivity index (χ2v) is 13.0. The maximum atomic E-state index is 13.9. The van der Waals surface area contributed by atoms with Crippen LogP contribution in [0.5, 0.6) is 0 Å². The van der Waals surface area contributed by atoms with Crippen molar-refractivity contribution in [1.29, 1.82) is 0 Å². The van der Waals surface area contributed by atoms with Crippen LogP contribution < -0.4 is 15.8 Å². The van der Waals surface area contributed by atoms with Crippen molar-refractivity contribution < 1.29 is 22.8 Å². The first-order valence-electron chi connectivity index (χ1n) is 14.1. The van der Waals surface area contributed by atoms with Crippen molar-refractivity contribution >= 4 is 39.3 Å². The number of likely N-dealkylation sites (tertiary alicyclic amines) is 1. The van der Waals surface area contributed by atoms with Gasteiger partial charge in [-0.25, -0.2) is 13.1 Å². The molecule has 2 fully saturated rings. The second kappa shape index (κ2) is 14.4. The molecule has 2 aromatic carbocycles. The van der Waals surface area contributed by atoms with E-state index in [1.807, 2.05) is 7.05 Å². The fourth-order valence-corrected chi connectivity index (χ4v) is 6.88. The molecule has 0 aliphatic carbocycles. The third-order valence-corrected chi connectivity index (χ3v) is 9.33. The third kappa shape index (κ3) is 8.51. The van der Waals surface area contributed by atoms with Crippen LogP contribution in [-0.2, 0) is 43.2 Å². The van der Waals surface area contributed by atoms with Gasteiger partial charge in [0.2, 0.25) is 27.7 Å². The molecule has 0 unspecified atom stereocenters. The number of carbonyl (C=O) groups is 3. The van der Waals surface area contributed by atoms with Crippen molar-refractivity contribution in [2.24, 2.45) is 5.73 Å². The first-order valence-corrected chi connectivity index (χ1v) is 16.1. The van der Waals surface area contributed by atoms with E-state index in [0.717, 1.165) is 11.1 Å². The molecule has 0 aromatic heterocycles. The lowest BCUT2D eigenvalue weighted by atomic mass is 10.1. The molecule has 4 rings (SSSR count). The molecule has 2 saturated heterocycles. The lowest BCUT2D eigenvalue weighted by Crippen LogP contribution is -2.55. The summed E-state index contributed by atoms with van der Waals surface area (Å²) in [6.07, 6.45) is 0.668. The molecule has 0 spiro atoms. The van der Waals surface area contributed by atoms with Crippen LogP contribution in [-0.4, -0.2) is 92.7 Å². The summed E-state index contributed by atoms with van der Waals surface area (Å²) >= 11 is 6.13. The smallest absolute Gasteiger partial charge is 0.243 e. The number of amides is 3. The molecule has 4 N–H and O–H groups in total. The largest absolute Gasteiger partial charge is 0.350 e. The molecule has 2 heterocycles. The minimum Gasteiger partial charge on any atom is -0.350 e. The van der Waals surface area contributed by atoms with Gasteiger partial charge in [0, 0.05) is 50.8 Å². The number of halogens is 1. The highest BCUT2D eigenvalue weighted by atomic mass is 35.5. The molecule has 3 amide bonds. The number of hydrogen-bond donors (Lipinski definition) is 3. The average Bonchev–Trinajstić information content (AvgIpc) is 3.46. The van der Waals surface area contributed by atoms with Crippen molar-refractivity contribution in [2.75, 3.05) is 39.8 Å². The highest BCUT2D eigenvalue weighted by Crippen LogP contribution is 2.22. The Bertz CT molecular complexity index is 1370. The van der Waals surface area contributed by atoms with Crippen molar-refractivity contribution in [1.82, 2.24) is 24.7 Å². The van der Waals surface area contributed by atoms with Crippen molar-refractivity contribution in [2.45, 2.75) is 50.2 Å². The molecule has 13 heteroatoms. The van der Waals surface area contributed by atoms with Gasteiger partial charge in [-0.3, -0.25) is 14.4 Å². The molecule has 0 saturated carbocycles. The van der Waals surface area contributed by atoms with Crippen molar-refractivity contribution in [3.8, 4) is 0 Å². The van der Waals surface area contributed by atoms with Gasteiger partial charge in [0.05, 0.1) is 12.2 Å². The zero-order chi connectivity index (χ0) is 30.3. The fourth-order valence-electron chi connectivity index (χ4n) is 5.35. The third-order valence-electron chi connectivity index (χ3n) is 7.73. The van der Waals surface area contributed by atoms with Gasteiger partial charge in [-0.1, -0.05) is 48.0 Å². The predicted molar refractivity (Wildman–Crippen MR) is 161 cm³/mol. The van der Waals surface area contributed by atoms with Crippen LogP contribution in [0.1, 0.15) is 36.0 Å². The topological polar surface area (TPSA) is 145 Å². The number of nitrogens with zero attached hydrogens (tertiary/aromatic N) is 3. The van der Waals surface area contributed by atoms with E-state index in [1.165, 1.54) is 4.90 Å². The Hall–Kier alpha value is -3.03. The van der Waals surface area contributed by atoms with Gasteiger partial charge in [0.25, 0.3) is 0 Å². The Morgan fingerprint density at radius 1 is 1.02 bits per heavy atom. The predicted octanol–water partition coefficient (Wildman–Crippen LogP) is 1.06. The van der Waals surface area contributed by atoms with Crippen LogP contribution in [0.25, 0.3) is 0 Å². The summed E-state index contributed by atoms with van der Waals surface area (Å²) in [4.78, 5) is 45.6. The van der Waals surface area contributed by atoms with E-state index in [1.54, 1.807) is 53.4 Å². The van der Waals surface area contributed by atoms with Crippen molar-refractivity contribution in [3.05, 3.63) is 70.2 Å². The maximum Gasteiger partial charge on any atom is 0.243 e. The molecule has 0 radical (unpaired) electrons. The molecular formula is C29H39ClN6O5S. The van der Waals surface area contributed by atoms with E-state index in [2.05, 4.69) is 14.9 Å². The number of likely N-dealkylation sites (N-methyl/N-ethyl adjacent to an activating group) is 1. The van der Waals surface area contributed by atoms with Gasteiger partial charge in [-0.2, -0.15) is 0 Å². The average molecular weight is 619 g/mol. The molecule has 0 bridgehead atoms. The van der Waals surface area contributed by atoms with E-state index in [4.69, 9.17) is 17.3 Å². The summed E-state index contributed by atoms with van der Waals surface area (Å²) in [6, 6.07) is 11.8. The monoisotopic (exact) mass is 618 g/mol. The number of sulfonamides is 1. The number of rotatable bonds is 11. The summed E-state index contributed by atoms with van der Waals surface area (Å²) in [5, 5.41) is 3.40. The summed E-state index contributed by atoms with van der Waals surface area (Å²) < 4.78 is 28.9. The van der Waals surface area contributed by atoms with Crippen molar-refractivity contribution in [3.63, 3.8) is 0 Å². The van der Waals surface area contributed by atoms with Crippen LogP contribution in [0.4, 0.5) is 0 Å². The van der Waals surface area contributed by atoms with Crippen LogP contribution in [0.3, 0.4) is 0 Å². The van der Waals surface area contributed by atoms with Gasteiger partial charge in [-0.15, -0.1) is 0 Å². The van der Waals surface area contributed by atoms with Gasteiger partial charge in [0.1, 0.15) is 12.1 Å². The summed E-state index contributed by atoms with van der Waals surface area (Å²) in [6.45, 7) is 3.11. The molecule has 2 aliphatic heterocycles. The molecule has 11 nitrogen and oxygen atoms in total. The van der Waals surface area contributed by atoms with Gasteiger partial charge < -0.3 is 25.8 Å². The Morgan fingerprint density at radius 2 is 1.74 bits per heavy atom. The Labute approximate surface area is 252 Å². The summed E-state index contributed by atoms with van der Waals surface area (Å²) in [7, 11) is -2.02. The highest BCUT2D eigenvalue weighted by molar-refractivity contribution is 7.88. The Kier molecular flexibility index (Phi) is 11.0.